The van der Waals surface area contributed by atoms with Gasteiger partial charge in [0.25, 0.3) is 5.91 Å². The number of aromatic nitrogens is 3. The maximum atomic E-state index is 13.6. The van der Waals surface area contributed by atoms with Crippen LogP contribution in [0.25, 0.3) is 5.82 Å². The lowest BCUT2D eigenvalue weighted by Crippen LogP contribution is -2.42. The van der Waals surface area contributed by atoms with Gasteiger partial charge in [0.15, 0.2) is 5.69 Å². The summed E-state index contributed by atoms with van der Waals surface area (Å²) < 4.78 is 41.6. The summed E-state index contributed by atoms with van der Waals surface area (Å²) in [5.41, 5.74) is 5.15. The first-order valence-corrected chi connectivity index (χ1v) is 10.6. The van der Waals surface area contributed by atoms with Crippen molar-refractivity contribution >= 4 is 17.9 Å². The van der Waals surface area contributed by atoms with Crippen LogP contribution in [0.2, 0.25) is 0 Å². The lowest BCUT2D eigenvalue weighted by atomic mass is 9.70. The van der Waals surface area contributed by atoms with Crippen LogP contribution in [0.5, 0.6) is 0 Å². The van der Waals surface area contributed by atoms with Crippen LogP contribution >= 0.6 is 0 Å². The molecular formula is C23H27F3N6O. The SMILES string of the molecule is C=C(C)C=N/C=C(\N)n1cc(C(=O)NCC2(c3cccnc3)CCCCC2)c(C(F)(F)F)n1. The molecule has 0 atom stereocenters. The van der Waals surface area contributed by atoms with Gasteiger partial charge in [-0.1, -0.05) is 31.9 Å². The Kier molecular flexibility index (Phi) is 7.35. The molecule has 10 heteroatoms. The molecule has 1 amide bonds. The van der Waals surface area contributed by atoms with Crippen LogP contribution in [0.1, 0.15) is 60.6 Å². The number of nitrogens with zero attached hydrogens (tertiary/aromatic N) is 4. The highest BCUT2D eigenvalue weighted by Crippen LogP contribution is 2.39. The van der Waals surface area contributed by atoms with Crippen LogP contribution < -0.4 is 11.1 Å². The topological polar surface area (TPSA) is 98.2 Å². The van der Waals surface area contributed by atoms with E-state index in [4.69, 9.17) is 5.73 Å². The van der Waals surface area contributed by atoms with Crippen LogP contribution in [0.4, 0.5) is 13.2 Å². The summed E-state index contributed by atoms with van der Waals surface area (Å²) in [5.74, 6) is -1.03. The third-order valence-corrected chi connectivity index (χ3v) is 5.67. The molecular weight excluding hydrogens is 433 g/mol. The number of pyridine rings is 1. The Morgan fingerprint density at radius 2 is 2.09 bits per heavy atom. The highest BCUT2D eigenvalue weighted by atomic mass is 19.4. The molecule has 1 fully saturated rings. The summed E-state index contributed by atoms with van der Waals surface area (Å²) in [5, 5.41) is 6.21. The number of aliphatic imine (C=N–C) groups is 1. The number of carbonyl (C=O) groups is 1. The van der Waals surface area contributed by atoms with E-state index in [1.807, 2.05) is 12.1 Å². The molecule has 0 spiro atoms. The Morgan fingerprint density at radius 3 is 2.70 bits per heavy atom. The van der Waals surface area contributed by atoms with Crippen LogP contribution in [-0.2, 0) is 11.6 Å². The predicted octanol–water partition coefficient (Wildman–Crippen LogP) is 4.29. The molecule has 2 heterocycles. The normalized spacial score (nSPS) is 16.7. The smallest absolute Gasteiger partial charge is 0.382 e. The number of hydrogen-bond donors (Lipinski definition) is 2. The summed E-state index contributed by atoms with van der Waals surface area (Å²) in [6.45, 7) is 5.54. The maximum absolute atomic E-state index is 13.6. The first-order chi connectivity index (χ1) is 15.6. The third-order valence-electron chi connectivity index (χ3n) is 5.67. The highest BCUT2D eigenvalue weighted by molar-refractivity contribution is 5.95. The second kappa shape index (κ2) is 10.0. The summed E-state index contributed by atoms with van der Waals surface area (Å²) in [4.78, 5) is 20.9. The zero-order chi connectivity index (χ0) is 24.1. The van der Waals surface area contributed by atoms with Gasteiger partial charge in [-0.25, -0.2) is 4.68 Å². The summed E-state index contributed by atoms with van der Waals surface area (Å²) in [6.07, 6.45) is 6.78. The number of nitrogens with one attached hydrogen (secondary N) is 1. The van der Waals surface area contributed by atoms with E-state index in [-0.39, 0.29) is 17.8 Å². The molecule has 3 rings (SSSR count). The Balaban J connectivity index is 1.86. The van der Waals surface area contributed by atoms with Crippen molar-refractivity contribution in [2.75, 3.05) is 6.54 Å². The number of alkyl halides is 3. The van der Waals surface area contributed by atoms with Crippen LogP contribution in [0.15, 0.2) is 54.1 Å². The van der Waals surface area contributed by atoms with Crippen LogP contribution in [-0.4, -0.2) is 33.4 Å². The molecule has 0 saturated heterocycles. The lowest BCUT2D eigenvalue weighted by Gasteiger charge is -2.37. The zero-order valence-corrected chi connectivity index (χ0v) is 18.4. The molecule has 0 aliphatic heterocycles. The minimum absolute atomic E-state index is 0.170. The molecule has 1 aliphatic rings. The Hall–Kier alpha value is -3.43. The van der Waals surface area contributed by atoms with Crippen LogP contribution in [0, 0.1) is 0 Å². The van der Waals surface area contributed by atoms with Gasteiger partial charge in [-0.15, -0.1) is 0 Å². The minimum atomic E-state index is -4.83. The summed E-state index contributed by atoms with van der Waals surface area (Å²) >= 11 is 0. The molecule has 3 N–H and O–H groups in total. The maximum Gasteiger partial charge on any atom is 0.435 e. The van der Waals surface area contributed by atoms with Gasteiger partial charge in [0.1, 0.15) is 5.82 Å². The van der Waals surface area contributed by atoms with Gasteiger partial charge >= 0.3 is 6.18 Å². The molecule has 0 aromatic carbocycles. The predicted molar refractivity (Wildman–Crippen MR) is 120 cm³/mol. The molecule has 2 aromatic rings. The number of halogens is 3. The molecule has 1 aliphatic carbocycles. The molecule has 33 heavy (non-hydrogen) atoms. The molecule has 0 unspecified atom stereocenters. The van der Waals surface area contributed by atoms with Crippen molar-refractivity contribution in [3.8, 4) is 0 Å². The number of allylic oxidation sites excluding steroid dienone is 1. The molecule has 176 valence electrons. The third kappa shape index (κ3) is 5.88. The average molecular weight is 461 g/mol. The van der Waals surface area contributed by atoms with E-state index >= 15 is 0 Å². The van der Waals surface area contributed by atoms with Crippen LogP contribution in [0.3, 0.4) is 0 Å². The van der Waals surface area contributed by atoms with Gasteiger partial charge in [-0.2, -0.15) is 18.3 Å². The number of hydrogen-bond acceptors (Lipinski definition) is 5. The van der Waals surface area contributed by atoms with E-state index < -0.39 is 23.3 Å². The van der Waals surface area contributed by atoms with E-state index in [0.717, 1.165) is 54.7 Å². The first-order valence-electron chi connectivity index (χ1n) is 10.6. The van der Waals surface area contributed by atoms with Crippen molar-refractivity contribution < 1.29 is 18.0 Å². The van der Waals surface area contributed by atoms with E-state index in [1.165, 1.54) is 6.21 Å². The zero-order valence-electron chi connectivity index (χ0n) is 18.4. The highest BCUT2D eigenvalue weighted by Gasteiger charge is 2.40. The van der Waals surface area contributed by atoms with Crippen molar-refractivity contribution in [1.29, 1.82) is 0 Å². The van der Waals surface area contributed by atoms with Crippen molar-refractivity contribution in [1.82, 2.24) is 20.1 Å². The van der Waals surface area contributed by atoms with Crippen molar-refractivity contribution in [3.05, 3.63) is 65.9 Å². The van der Waals surface area contributed by atoms with Gasteiger partial charge in [-0.05, 0) is 37.0 Å². The Labute approximate surface area is 190 Å². The van der Waals surface area contributed by atoms with E-state index in [1.54, 1.807) is 19.3 Å². The number of rotatable bonds is 7. The minimum Gasteiger partial charge on any atom is -0.382 e. The van der Waals surface area contributed by atoms with Crippen molar-refractivity contribution in [2.45, 2.75) is 50.6 Å². The van der Waals surface area contributed by atoms with Gasteiger partial charge in [0, 0.05) is 36.8 Å². The fourth-order valence-corrected chi connectivity index (χ4v) is 4.00. The molecule has 0 bridgehead atoms. The van der Waals surface area contributed by atoms with E-state index in [0.29, 0.717) is 5.57 Å². The average Bonchev–Trinajstić information content (AvgIpc) is 3.25. The van der Waals surface area contributed by atoms with Crippen molar-refractivity contribution in [3.63, 3.8) is 0 Å². The van der Waals surface area contributed by atoms with Crippen molar-refractivity contribution in [2.24, 2.45) is 10.7 Å². The quantitative estimate of drug-likeness (QED) is 0.602. The Morgan fingerprint density at radius 1 is 1.36 bits per heavy atom. The number of carbonyl (C=O) groups excluding carboxylic acids is 1. The largest absolute Gasteiger partial charge is 0.435 e. The number of amides is 1. The van der Waals surface area contributed by atoms with Gasteiger partial charge in [-0.3, -0.25) is 14.8 Å². The monoisotopic (exact) mass is 460 g/mol. The number of nitrogens with two attached hydrogens (primary N) is 1. The van der Waals surface area contributed by atoms with Gasteiger partial charge in [0.2, 0.25) is 0 Å². The fraction of sp³-hybridized carbons (Fsp3) is 0.391. The fourth-order valence-electron chi connectivity index (χ4n) is 4.00. The van der Waals surface area contributed by atoms with Gasteiger partial charge < -0.3 is 11.1 Å². The summed E-state index contributed by atoms with van der Waals surface area (Å²) in [7, 11) is 0. The molecule has 0 radical (unpaired) electrons. The molecule has 1 saturated carbocycles. The second-order valence-electron chi connectivity index (χ2n) is 8.28. The molecule has 2 aromatic heterocycles. The van der Waals surface area contributed by atoms with E-state index in [2.05, 4.69) is 27.0 Å². The van der Waals surface area contributed by atoms with E-state index in [9.17, 15) is 18.0 Å². The first kappa shape index (κ1) is 24.2. The molecule has 7 nitrogen and oxygen atoms in total. The standard InChI is InChI=1S/C23H27F3N6O/c1-16(2)11-29-13-19(27)32-14-18(20(31-32)23(24,25)26)21(33)30-15-22(8-4-3-5-9-22)17-7-6-10-28-12-17/h6-7,10-14H,1,3-5,8-9,15,27H2,2H3,(H,30,33)/b19-13+,29-11?. The summed E-state index contributed by atoms with van der Waals surface area (Å²) in [6, 6.07) is 3.77. The lowest BCUT2D eigenvalue weighted by molar-refractivity contribution is -0.141. The van der Waals surface area contributed by atoms with Gasteiger partial charge in [0.05, 0.1) is 11.8 Å². The second-order valence-corrected chi connectivity index (χ2v) is 8.28. The Bertz CT molecular complexity index is 1050.